The van der Waals surface area contributed by atoms with Crippen LogP contribution in [-0.4, -0.2) is 6.54 Å². The van der Waals surface area contributed by atoms with Gasteiger partial charge in [0.25, 0.3) is 0 Å². The molecule has 2 heterocycles. The van der Waals surface area contributed by atoms with Crippen LogP contribution in [-0.2, 0) is 12.0 Å². The Kier molecular flexibility index (Phi) is 3.74. The molecule has 0 aromatic carbocycles. The summed E-state index contributed by atoms with van der Waals surface area (Å²) in [6.07, 6.45) is 1.28. The average molecular weight is 289 g/mol. The molecular weight excluding hydrogens is 266 g/mol. The topological polar surface area (TPSA) is 25.2 Å². The highest BCUT2D eigenvalue weighted by atomic mass is 32.1. The van der Waals surface area contributed by atoms with Gasteiger partial charge in [-0.1, -0.05) is 26.8 Å². The third-order valence-corrected chi connectivity index (χ3v) is 5.45. The van der Waals surface area contributed by atoms with Gasteiger partial charge in [-0.25, -0.2) is 0 Å². The van der Waals surface area contributed by atoms with Crippen molar-refractivity contribution in [1.29, 1.82) is 0 Å². The van der Waals surface area contributed by atoms with E-state index < -0.39 is 0 Å². The lowest BCUT2D eigenvalue weighted by Crippen LogP contribution is -2.31. The fourth-order valence-electron chi connectivity index (χ4n) is 2.66. The van der Waals surface area contributed by atoms with Crippen LogP contribution in [0.3, 0.4) is 0 Å². The largest absolute Gasteiger partial charge is 0.464 e. The van der Waals surface area contributed by atoms with Crippen molar-refractivity contribution >= 4 is 11.3 Å². The standard InChI is InChI=1S/C17H23NOS/c1-12-9-14(12)15-7-6-13(19-15)10-18-11-17(2,3)16-5-4-8-20-16/h4-8,12,14,18H,9-11H2,1-3H3. The van der Waals surface area contributed by atoms with Gasteiger partial charge in [-0.15, -0.1) is 11.3 Å². The van der Waals surface area contributed by atoms with Crippen molar-refractivity contribution in [3.8, 4) is 0 Å². The maximum absolute atomic E-state index is 5.92. The number of thiophene rings is 1. The second-order valence-electron chi connectivity index (χ2n) is 6.59. The van der Waals surface area contributed by atoms with Crippen LogP contribution in [0.1, 0.15) is 49.5 Å². The minimum Gasteiger partial charge on any atom is -0.464 e. The highest BCUT2D eigenvalue weighted by Crippen LogP contribution is 2.47. The summed E-state index contributed by atoms with van der Waals surface area (Å²) >= 11 is 1.83. The molecule has 108 valence electrons. The molecule has 0 radical (unpaired) electrons. The Bertz CT molecular complexity index is 555. The van der Waals surface area contributed by atoms with Crippen LogP contribution >= 0.6 is 11.3 Å². The van der Waals surface area contributed by atoms with Crippen molar-refractivity contribution in [3.05, 3.63) is 46.0 Å². The highest BCUT2D eigenvalue weighted by Gasteiger charge is 2.36. The van der Waals surface area contributed by atoms with E-state index in [9.17, 15) is 0 Å². The van der Waals surface area contributed by atoms with E-state index in [0.717, 1.165) is 24.8 Å². The van der Waals surface area contributed by atoms with Gasteiger partial charge in [-0.05, 0) is 35.9 Å². The molecule has 2 unspecified atom stereocenters. The molecule has 1 saturated carbocycles. The molecule has 1 aliphatic rings. The molecule has 3 heteroatoms. The van der Waals surface area contributed by atoms with Crippen LogP contribution in [0.15, 0.2) is 34.1 Å². The first-order valence-corrected chi connectivity index (χ1v) is 8.27. The van der Waals surface area contributed by atoms with Crippen LogP contribution in [0.25, 0.3) is 0 Å². The summed E-state index contributed by atoms with van der Waals surface area (Å²) in [5.41, 5.74) is 0.175. The van der Waals surface area contributed by atoms with Crippen LogP contribution in [0.5, 0.6) is 0 Å². The van der Waals surface area contributed by atoms with Crippen LogP contribution in [0.4, 0.5) is 0 Å². The van der Waals surface area contributed by atoms with Crippen molar-refractivity contribution < 1.29 is 4.42 Å². The molecule has 2 aromatic heterocycles. The first kappa shape index (κ1) is 13.9. The summed E-state index contributed by atoms with van der Waals surface area (Å²) in [4.78, 5) is 1.43. The van der Waals surface area contributed by atoms with Crippen molar-refractivity contribution in [3.63, 3.8) is 0 Å². The molecule has 2 nitrogen and oxygen atoms in total. The maximum Gasteiger partial charge on any atom is 0.117 e. The van der Waals surface area contributed by atoms with E-state index in [1.165, 1.54) is 17.1 Å². The zero-order chi connectivity index (χ0) is 14.2. The lowest BCUT2D eigenvalue weighted by Gasteiger charge is -2.23. The van der Waals surface area contributed by atoms with E-state index in [-0.39, 0.29) is 5.41 Å². The quantitative estimate of drug-likeness (QED) is 0.845. The van der Waals surface area contributed by atoms with Gasteiger partial charge in [-0.3, -0.25) is 0 Å². The van der Waals surface area contributed by atoms with Gasteiger partial charge in [-0.2, -0.15) is 0 Å². The second kappa shape index (κ2) is 5.38. The van der Waals surface area contributed by atoms with Gasteiger partial charge in [0.05, 0.1) is 6.54 Å². The first-order valence-electron chi connectivity index (χ1n) is 7.39. The molecule has 1 aliphatic carbocycles. The minimum atomic E-state index is 0.175. The number of hydrogen-bond acceptors (Lipinski definition) is 3. The Hall–Kier alpha value is -1.06. The van der Waals surface area contributed by atoms with Crippen molar-refractivity contribution in [1.82, 2.24) is 5.32 Å². The van der Waals surface area contributed by atoms with E-state index in [1.807, 2.05) is 11.3 Å². The molecule has 20 heavy (non-hydrogen) atoms. The number of furan rings is 1. The number of rotatable bonds is 6. The maximum atomic E-state index is 5.92. The van der Waals surface area contributed by atoms with E-state index in [2.05, 4.69) is 55.7 Å². The Morgan fingerprint density at radius 2 is 2.15 bits per heavy atom. The SMILES string of the molecule is CC1CC1c1ccc(CNCC(C)(C)c2cccs2)o1. The third kappa shape index (κ3) is 2.99. The predicted molar refractivity (Wildman–Crippen MR) is 84.3 cm³/mol. The minimum absolute atomic E-state index is 0.175. The normalized spacial score (nSPS) is 22.1. The lowest BCUT2D eigenvalue weighted by atomic mass is 9.91. The lowest BCUT2D eigenvalue weighted by molar-refractivity contribution is 0.418. The molecule has 0 amide bonds. The van der Waals surface area contributed by atoms with Crippen molar-refractivity contribution in [2.24, 2.45) is 5.92 Å². The Balaban J connectivity index is 1.51. The Labute approximate surface area is 125 Å². The van der Waals surface area contributed by atoms with Gasteiger partial charge < -0.3 is 9.73 Å². The zero-order valence-electron chi connectivity index (χ0n) is 12.5. The molecule has 2 aromatic rings. The molecule has 0 aliphatic heterocycles. The van der Waals surface area contributed by atoms with Gasteiger partial charge in [0.2, 0.25) is 0 Å². The second-order valence-corrected chi connectivity index (χ2v) is 7.54. The molecule has 3 rings (SSSR count). The summed E-state index contributed by atoms with van der Waals surface area (Å²) < 4.78 is 5.92. The fraction of sp³-hybridized carbons (Fsp3) is 0.529. The van der Waals surface area contributed by atoms with E-state index in [0.29, 0.717) is 5.92 Å². The fourth-order valence-corrected chi connectivity index (χ4v) is 3.51. The molecular formula is C17H23NOS. The highest BCUT2D eigenvalue weighted by molar-refractivity contribution is 7.10. The Morgan fingerprint density at radius 3 is 2.80 bits per heavy atom. The summed E-state index contributed by atoms with van der Waals surface area (Å²) in [5.74, 6) is 3.71. The van der Waals surface area contributed by atoms with Gasteiger partial charge >= 0.3 is 0 Å². The predicted octanol–water partition coefficient (Wildman–Crippen LogP) is 4.53. The number of nitrogens with one attached hydrogen (secondary N) is 1. The summed E-state index contributed by atoms with van der Waals surface area (Å²) in [6.45, 7) is 8.63. The summed E-state index contributed by atoms with van der Waals surface area (Å²) in [6, 6.07) is 8.60. The van der Waals surface area contributed by atoms with Crippen LogP contribution in [0, 0.1) is 5.92 Å². The molecule has 2 atom stereocenters. The number of hydrogen-bond donors (Lipinski definition) is 1. The monoisotopic (exact) mass is 289 g/mol. The summed E-state index contributed by atoms with van der Waals surface area (Å²) in [5, 5.41) is 5.67. The third-order valence-electron chi connectivity index (χ3n) is 4.21. The van der Waals surface area contributed by atoms with E-state index >= 15 is 0 Å². The zero-order valence-corrected chi connectivity index (χ0v) is 13.3. The van der Waals surface area contributed by atoms with Gasteiger partial charge in [0.15, 0.2) is 0 Å². The van der Waals surface area contributed by atoms with Crippen LogP contribution in [0.2, 0.25) is 0 Å². The van der Waals surface area contributed by atoms with Crippen molar-refractivity contribution in [2.45, 2.75) is 45.1 Å². The smallest absolute Gasteiger partial charge is 0.117 e. The van der Waals surface area contributed by atoms with E-state index in [1.54, 1.807) is 0 Å². The molecule has 0 bridgehead atoms. The van der Waals surface area contributed by atoms with E-state index in [4.69, 9.17) is 4.42 Å². The van der Waals surface area contributed by atoms with Gasteiger partial charge in [0.1, 0.15) is 11.5 Å². The average Bonchev–Trinajstić information content (AvgIpc) is 2.90. The van der Waals surface area contributed by atoms with Gasteiger partial charge in [0, 0.05) is 22.8 Å². The van der Waals surface area contributed by atoms with Crippen LogP contribution < -0.4 is 5.32 Å². The first-order chi connectivity index (χ1) is 9.56. The molecule has 1 fully saturated rings. The Morgan fingerprint density at radius 1 is 1.35 bits per heavy atom. The summed E-state index contributed by atoms with van der Waals surface area (Å²) in [7, 11) is 0. The molecule has 1 N–H and O–H groups in total. The molecule has 0 saturated heterocycles. The molecule has 0 spiro atoms. The van der Waals surface area contributed by atoms with Crippen molar-refractivity contribution in [2.75, 3.05) is 6.54 Å².